The molecule has 0 aliphatic carbocycles. The van der Waals surface area contributed by atoms with Gasteiger partial charge < -0.3 is 9.32 Å². The second-order valence-corrected chi connectivity index (χ2v) is 8.50. The van der Waals surface area contributed by atoms with Gasteiger partial charge in [0.1, 0.15) is 6.26 Å². The Kier molecular flexibility index (Phi) is 6.65. The first-order valence-electron chi connectivity index (χ1n) is 11.0. The van der Waals surface area contributed by atoms with Crippen molar-refractivity contribution in [1.29, 1.82) is 0 Å². The van der Waals surface area contributed by atoms with Crippen LogP contribution in [-0.4, -0.2) is 70.4 Å². The Hall–Kier alpha value is -2.44. The lowest BCUT2D eigenvalue weighted by molar-refractivity contribution is 0.0686. The highest BCUT2D eigenvalue weighted by molar-refractivity contribution is 5.92. The molecule has 1 aromatic heterocycles. The summed E-state index contributed by atoms with van der Waals surface area (Å²) in [6.07, 6.45) is 8.06. The number of carbonyl (C=O) groups is 1. The van der Waals surface area contributed by atoms with Gasteiger partial charge >= 0.3 is 0 Å². The zero-order valence-corrected chi connectivity index (χ0v) is 18.0. The van der Waals surface area contributed by atoms with Gasteiger partial charge in [-0.15, -0.1) is 0 Å². The van der Waals surface area contributed by atoms with Crippen LogP contribution >= 0.6 is 0 Å². The summed E-state index contributed by atoms with van der Waals surface area (Å²) in [6.45, 7) is 9.84. The number of nitrogens with zero attached hydrogens (tertiary/aromatic N) is 4. The molecule has 30 heavy (non-hydrogen) atoms. The van der Waals surface area contributed by atoms with Crippen LogP contribution in [0.3, 0.4) is 0 Å². The lowest BCUT2D eigenvalue weighted by Crippen LogP contribution is -2.45. The number of carbonyl (C=O) groups excluding carboxylic acids is 1. The molecule has 2 atom stereocenters. The molecule has 0 saturated carbocycles. The summed E-state index contributed by atoms with van der Waals surface area (Å²) in [5.41, 5.74) is 1.68. The highest BCUT2D eigenvalue weighted by Crippen LogP contribution is 2.25. The van der Waals surface area contributed by atoms with Crippen molar-refractivity contribution in [3.63, 3.8) is 0 Å². The van der Waals surface area contributed by atoms with E-state index in [1.807, 2.05) is 11.0 Å². The molecule has 0 unspecified atom stereocenters. The van der Waals surface area contributed by atoms with Crippen LogP contribution in [0.2, 0.25) is 0 Å². The van der Waals surface area contributed by atoms with Gasteiger partial charge in [-0.1, -0.05) is 42.5 Å². The Morgan fingerprint density at radius 1 is 1.07 bits per heavy atom. The Morgan fingerprint density at radius 3 is 2.43 bits per heavy atom. The summed E-state index contributed by atoms with van der Waals surface area (Å²) in [5.74, 6) is 0.632. The van der Waals surface area contributed by atoms with Gasteiger partial charge in [0.05, 0.1) is 6.54 Å². The predicted molar refractivity (Wildman–Crippen MR) is 118 cm³/mol. The Balaban J connectivity index is 1.24. The van der Waals surface area contributed by atoms with Crippen molar-refractivity contribution in [2.24, 2.45) is 0 Å². The normalized spacial score (nSPS) is 23.5. The molecule has 2 aromatic rings. The molecule has 1 aromatic carbocycles. The molecule has 1 amide bonds. The SMILES string of the molecule is C[C@@H]1CC[C@H](C)N1C(=O)c1coc(CN2CCN(C/C=C/c3ccccc3)CC2)n1. The molecule has 2 aliphatic heterocycles. The van der Waals surface area contributed by atoms with Crippen molar-refractivity contribution in [1.82, 2.24) is 19.7 Å². The van der Waals surface area contributed by atoms with E-state index in [2.05, 4.69) is 65.0 Å². The third-order valence-electron chi connectivity index (χ3n) is 6.25. The van der Waals surface area contributed by atoms with E-state index in [1.54, 1.807) is 0 Å². The molecular formula is C24H32N4O2. The minimum Gasteiger partial charge on any atom is -0.447 e. The van der Waals surface area contributed by atoms with Gasteiger partial charge in [0, 0.05) is 44.8 Å². The summed E-state index contributed by atoms with van der Waals surface area (Å²) in [6, 6.07) is 11.0. The van der Waals surface area contributed by atoms with Crippen molar-refractivity contribution >= 4 is 12.0 Å². The smallest absolute Gasteiger partial charge is 0.276 e. The average molecular weight is 409 g/mol. The van der Waals surface area contributed by atoms with E-state index in [1.165, 1.54) is 11.8 Å². The van der Waals surface area contributed by atoms with Crippen LogP contribution in [-0.2, 0) is 6.54 Å². The maximum Gasteiger partial charge on any atom is 0.276 e. The van der Waals surface area contributed by atoms with Crippen molar-refractivity contribution in [3.05, 3.63) is 59.8 Å². The molecule has 6 heteroatoms. The molecule has 3 heterocycles. The van der Waals surface area contributed by atoms with E-state index in [0.717, 1.165) is 45.6 Å². The van der Waals surface area contributed by atoms with Gasteiger partial charge in [-0.2, -0.15) is 0 Å². The number of rotatable bonds is 6. The summed E-state index contributed by atoms with van der Waals surface area (Å²) in [5, 5.41) is 0. The Bertz CT molecular complexity index is 845. The molecule has 160 valence electrons. The van der Waals surface area contributed by atoms with Crippen LogP contribution in [0.25, 0.3) is 6.08 Å². The fourth-order valence-corrected chi connectivity index (χ4v) is 4.43. The van der Waals surface area contributed by atoms with Gasteiger partial charge in [0.25, 0.3) is 5.91 Å². The van der Waals surface area contributed by atoms with E-state index < -0.39 is 0 Å². The summed E-state index contributed by atoms with van der Waals surface area (Å²) in [7, 11) is 0. The van der Waals surface area contributed by atoms with Crippen molar-refractivity contribution < 1.29 is 9.21 Å². The fraction of sp³-hybridized carbons (Fsp3) is 0.500. The third-order valence-corrected chi connectivity index (χ3v) is 6.25. The third kappa shape index (κ3) is 4.99. The maximum absolute atomic E-state index is 12.8. The monoisotopic (exact) mass is 408 g/mol. The molecule has 4 rings (SSSR count). The van der Waals surface area contributed by atoms with E-state index in [4.69, 9.17) is 4.42 Å². The quantitative estimate of drug-likeness (QED) is 0.732. The standard InChI is InChI=1S/C24H32N4O2/c1-19-10-11-20(2)28(19)24(29)22-18-30-23(25-22)17-27-15-13-26(14-16-27)12-6-9-21-7-4-3-5-8-21/h3-9,18-20H,10-17H2,1-2H3/b9-6+/t19-,20+. The van der Waals surface area contributed by atoms with Crippen molar-refractivity contribution in [3.8, 4) is 0 Å². The van der Waals surface area contributed by atoms with E-state index >= 15 is 0 Å². The molecule has 2 fully saturated rings. The zero-order valence-electron chi connectivity index (χ0n) is 18.0. The number of benzene rings is 1. The van der Waals surface area contributed by atoms with Gasteiger partial charge in [-0.3, -0.25) is 14.6 Å². The minimum absolute atomic E-state index is 0.00229. The lowest BCUT2D eigenvalue weighted by atomic mass is 10.2. The summed E-state index contributed by atoms with van der Waals surface area (Å²) in [4.78, 5) is 24.0. The number of hydrogen-bond acceptors (Lipinski definition) is 5. The highest BCUT2D eigenvalue weighted by atomic mass is 16.3. The predicted octanol–water partition coefficient (Wildman–Crippen LogP) is 3.52. The zero-order chi connectivity index (χ0) is 20.9. The van der Waals surface area contributed by atoms with E-state index in [-0.39, 0.29) is 18.0 Å². The molecule has 0 spiro atoms. The average Bonchev–Trinajstić information content (AvgIpc) is 3.36. The molecular weight excluding hydrogens is 376 g/mol. The van der Waals surface area contributed by atoms with Crippen molar-refractivity contribution in [2.45, 2.75) is 45.3 Å². The van der Waals surface area contributed by atoms with Crippen LogP contribution in [0.15, 0.2) is 47.1 Å². The largest absolute Gasteiger partial charge is 0.447 e. The number of likely N-dealkylation sites (tertiary alicyclic amines) is 1. The first-order chi connectivity index (χ1) is 14.6. The Labute approximate surface area is 179 Å². The van der Waals surface area contributed by atoms with Gasteiger partial charge in [-0.25, -0.2) is 4.98 Å². The van der Waals surface area contributed by atoms with Crippen LogP contribution in [0.4, 0.5) is 0 Å². The molecule has 2 aliphatic rings. The van der Waals surface area contributed by atoms with Crippen LogP contribution in [0, 0.1) is 0 Å². The Morgan fingerprint density at radius 2 is 1.73 bits per heavy atom. The van der Waals surface area contributed by atoms with Crippen molar-refractivity contribution in [2.75, 3.05) is 32.7 Å². The topological polar surface area (TPSA) is 52.8 Å². The fourth-order valence-electron chi connectivity index (χ4n) is 4.43. The lowest BCUT2D eigenvalue weighted by Gasteiger charge is -2.33. The second-order valence-electron chi connectivity index (χ2n) is 8.50. The number of amides is 1. The molecule has 6 nitrogen and oxygen atoms in total. The van der Waals surface area contributed by atoms with Gasteiger partial charge in [0.15, 0.2) is 5.69 Å². The van der Waals surface area contributed by atoms with Gasteiger partial charge in [0.2, 0.25) is 5.89 Å². The molecule has 0 bridgehead atoms. The van der Waals surface area contributed by atoms with Crippen LogP contribution in [0.5, 0.6) is 0 Å². The summed E-state index contributed by atoms with van der Waals surface area (Å²) < 4.78 is 5.63. The highest BCUT2D eigenvalue weighted by Gasteiger charge is 2.33. The van der Waals surface area contributed by atoms with Crippen LogP contribution < -0.4 is 0 Å². The number of hydrogen-bond donors (Lipinski definition) is 0. The first-order valence-corrected chi connectivity index (χ1v) is 11.0. The van der Waals surface area contributed by atoms with Crippen LogP contribution in [0.1, 0.15) is 48.6 Å². The molecule has 2 saturated heterocycles. The van der Waals surface area contributed by atoms with E-state index in [0.29, 0.717) is 18.1 Å². The molecule has 0 radical (unpaired) electrons. The molecule has 0 N–H and O–H groups in total. The van der Waals surface area contributed by atoms with Gasteiger partial charge in [-0.05, 0) is 32.3 Å². The summed E-state index contributed by atoms with van der Waals surface area (Å²) >= 11 is 0. The van der Waals surface area contributed by atoms with E-state index in [9.17, 15) is 4.79 Å². The second kappa shape index (κ2) is 9.58. The minimum atomic E-state index is -0.00229. The number of oxazole rings is 1. The number of aromatic nitrogens is 1. The first kappa shape index (κ1) is 20.8. The maximum atomic E-state index is 12.8. The number of piperazine rings is 1.